The van der Waals surface area contributed by atoms with E-state index in [4.69, 9.17) is 11.6 Å². The lowest BCUT2D eigenvalue weighted by Crippen LogP contribution is -2.37. The van der Waals surface area contributed by atoms with Gasteiger partial charge in [-0.05, 0) is 5.92 Å². The number of aldehydes is 1. The van der Waals surface area contributed by atoms with Gasteiger partial charge in [-0.1, -0.05) is 25.4 Å². The van der Waals surface area contributed by atoms with Crippen LogP contribution >= 0.6 is 11.6 Å². The summed E-state index contributed by atoms with van der Waals surface area (Å²) in [5.74, 6) is 0.589. The van der Waals surface area contributed by atoms with Crippen LogP contribution in [-0.4, -0.2) is 42.3 Å². The van der Waals surface area contributed by atoms with Crippen LogP contribution in [0, 0.1) is 5.92 Å². The van der Waals surface area contributed by atoms with Crippen molar-refractivity contribution in [2.24, 2.45) is 5.92 Å². The van der Waals surface area contributed by atoms with Crippen molar-refractivity contribution in [1.29, 1.82) is 0 Å². The Balaban J connectivity index is 2.73. The predicted molar refractivity (Wildman–Crippen MR) is 73.5 cm³/mol. The van der Waals surface area contributed by atoms with Crippen molar-refractivity contribution in [2.75, 3.05) is 25.0 Å². The average Bonchev–Trinajstić information content (AvgIpc) is 2.36. The van der Waals surface area contributed by atoms with Crippen molar-refractivity contribution in [3.63, 3.8) is 0 Å². The van der Waals surface area contributed by atoms with Crippen LogP contribution in [-0.2, 0) is 4.79 Å². The second kappa shape index (κ2) is 7.04. The molecule has 0 aliphatic rings. The number of halogens is 1. The van der Waals surface area contributed by atoms with Crippen LogP contribution < -0.4 is 10.2 Å². The van der Waals surface area contributed by atoms with Gasteiger partial charge < -0.3 is 10.2 Å². The highest BCUT2D eigenvalue weighted by atomic mass is 35.5. The summed E-state index contributed by atoms with van der Waals surface area (Å²) >= 11 is 5.80. The Bertz CT molecular complexity index is 465. The van der Waals surface area contributed by atoms with Crippen LogP contribution in [0.25, 0.3) is 0 Å². The van der Waals surface area contributed by atoms with Crippen LogP contribution in [0.5, 0.6) is 0 Å². The van der Waals surface area contributed by atoms with Gasteiger partial charge in [0, 0.05) is 13.6 Å². The first kappa shape index (κ1) is 15.4. The molecular formula is C12H17ClN4O2. The van der Waals surface area contributed by atoms with Crippen molar-refractivity contribution in [1.82, 2.24) is 15.3 Å². The molecule has 7 heteroatoms. The molecule has 1 aromatic heterocycles. The van der Waals surface area contributed by atoms with Gasteiger partial charge >= 0.3 is 0 Å². The van der Waals surface area contributed by atoms with Gasteiger partial charge in [0.15, 0.2) is 6.29 Å². The Hall–Kier alpha value is -1.69. The lowest BCUT2D eigenvalue weighted by molar-refractivity contribution is -0.119. The number of hydrogen-bond acceptors (Lipinski definition) is 5. The SMILES string of the molecule is CC(C)CNC(=O)CN(C)c1ncnc(Cl)c1C=O. The number of amides is 1. The van der Waals surface area contributed by atoms with E-state index < -0.39 is 0 Å². The number of rotatable bonds is 6. The summed E-state index contributed by atoms with van der Waals surface area (Å²) in [7, 11) is 1.67. The Morgan fingerprint density at radius 3 is 2.79 bits per heavy atom. The van der Waals surface area contributed by atoms with E-state index in [1.54, 1.807) is 11.9 Å². The van der Waals surface area contributed by atoms with Crippen molar-refractivity contribution in [2.45, 2.75) is 13.8 Å². The van der Waals surface area contributed by atoms with Crippen molar-refractivity contribution in [3.8, 4) is 0 Å². The third-order valence-electron chi connectivity index (χ3n) is 2.38. The molecule has 0 aliphatic heterocycles. The highest BCUT2D eigenvalue weighted by molar-refractivity contribution is 6.32. The Labute approximate surface area is 117 Å². The number of carbonyl (C=O) groups excluding carboxylic acids is 2. The van der Waals surface area contributed by atoms with E-state index in [0.717, 1.165) is 0 Å². The van der Waals surface area contributed by atoms with E-state index in [2.05, 4.69) is 15.3 Å². The summed E-state index contributed by atoms with van der Waals surface area (Å²) in [6, 6.07) is 0. The molecule has 0 saturated heterocycles. The van der Waals surface area contributed by atoms with Crippen LogP contribution in [0.15, 0.2) is 6.33 Å². The van der Waals surface area contributed by atoms with Gasteiger partial charge in [0.2, 0.25) is 5.91 Å². The number of anilines is 1. The van der Waals surface area contributed by atoms with E-state index >= 15 is 0 Å². The molecular weight excluding hydrogens is 268 g/mol. The highest BCUT2D eigenvalue weighted by Crippen LogP contribution is 2.19. The molecule has 0 bridgehead atoms. The maximum absolute atomic E-state index is 11.7. The number of hydrogen-bond donors (Lipinski definition) is 1. The van der Waals surface area contributed by atoms with Gasteiger partial charge in [0.25, 0.3) is 0 Å². The summed E-state index contributed by atoms with van der Waals surface area (Å²) in [4.78, 5) is 31.9. The van der Waals surface area contributed by atoms with E-state index in [1.165, 1.54) is 6.33 Å². The summed E-state index contributed by atoms with van der Waals surface area (Å²) in [6.07, 6.45) is 1.84. The molecule has 0 unspecified atom stereocenters. The molecule has 19 heavy (non-hydrogen) atoms. The Morgan fingerprint density at radius 2 is 2.21 bits per heavy atom. The van der Waals surface area contributed by atoms with Gasteiger partial charge in [0.05, 0.1) is 12.1 Å². The zero-order valence-corrected chi connectivity index (χ0v) is 11.9. The van der Waals surface area contributed by atoms with Gasteiger partial charge in [-0.3, -0.25) is 9.59 Å². The quantitative estimate of drug-likeness (QED) is 0.626. The number of aromatic nitrogens is 2. The van der Waals surface area contributed by atoms with E-state index in [9.17, 15) is 9.59 Å². The van der Waals surface area contributed by atoms with Gasteiger partial charge in [-0.2, -0.15) is 0 Å². The molecule has 1 rings (SSSR count). The molecule has 1 N–H and O–H groups in total. The number of nitrogens with one attached hydrogen (secondary N) is 1. The smallest absolute Gasteiger partial charge is 0.239 e. The zero-order chi connectivity index (χ0) is 14.4. The summed E-state index contributed by atoms with van der Waals surface area (Å²) in [6.45, 7) is 4.73. The topological polar surface area (TPSA) is 75.2 Å². The monoisotopic (exact) mass is 284 g/mol. The van der Waals surface area contributed by atoms with Crippen molar-refractivity contribution in [3.05, 3.63) is 17.0 Å². The molecule has 1 amide bonds. The highest BCUT2D eigenvalue weighted by Gasteiger charge is 2.15. The van der Waals surface area contributed by atoms with Crippen molar-refractivity contribution >= 4 is 29.6 Å². The van der Waals surface area contributed by atoms with Gasteiger partial charge in [0.1, 0.15) is 17.3 Å². The van der Waals surface area contributed by atoms with Gasteiger partial charge in [-0.15, -0.1) is 0 Å². The molecule has 0 fully saturated rings. The first-order valence-electron chi connectivity index (χ1n) is 5.89. The third-order valence-corrected chi connectivity index (χ3v) is 2.68. The van der Waals surface area contributed by atoms with E-state index in [0.29, 0.717) is 24.6 Å². The standard InChI is InChI=1S/C12H17ClN4O2/c1-8(2)4-14-10(19)5-17(3)12-9(6-18)11(13)15-7-16-12/h6-8H,4-5H2,1-3H3,(H,14,19). The summed E-state index contributed by atoms with van der Waals surface area (Å²) in [5, 5.41) is 2.87. The largest absolute Gasteiger partial charge is 0.354 e. The van der Waals surface area contributed by atoms with Crippen LogP contribution in [0.3, 0.4) is 0 Å². The first-order valence-corrected chi connectivity index (χ1v) is 6.27. The van der Waals surface area contributed by atoms with Gasteiger partial charge in [-0.25, -0.2) is 9.97 Å². The van der Waals surface area contributed by atoms with E-state index in [1.807, 2.05) is 13.8 Å². The average molecular weight is 285 g/mol. The molecule has 0 radical (unpaired) electrons. The van der Waals surface area contributed by atoms with E-state index in [-0.39, 0.29) is 23.2 Å². The van der Waals surface area contributed by atoms with Crippen molar-refractivity contribution < 1.29 is 9.59 Å². The van der Waals surface area contributed by atoms with Crippen LogP contribution in [0.1, 0.15) is 24.2 Å². The normalized spacial score (nSPS) is 10.4. The Kier molecular flexibility index (Phi) is 5.69. The molecule has 0 aromatic carbocycles. The molecule has 0 atom stereocenters. The number of carbonyl (C=O) groups is 2. The maximum atomic E-state index is 11.7. The second-order valence-electron chi connectivity index (χ2n) is 4.57. The number of nitrogens with zero attached hydrogens (tertiary/aromatic N) is 3. The van der Waals surface area contributed by atoms with Crippen LogP contribution in [0.4, 0.5) is 5.82 Å². The lowest BCUT2D eigenvalue weighted by Gasteiger charge is -2.19. The fraction of sp³-hybridized carbons (Fsp3) is 0.500. The minimum Gasteiger partial charge on any atom is -0.354 e. The lowest BCUT2D eigenvalue weighted by atomic mass is 10.2. The Morgan fingerprint density at radius 1 is 1.53 bits per heavy atom. The minimum absolute atomic E-state index is 0.0782. The summed E-state index contributed by atoms with van der Waals surface area (Å²) in [5.41, 5.74) is 0.184. The number of likely N-dealkylation sites (N-methyl/N-ethyl adjacent to an activating group) is 1. The fourth-order valence-electron chi connectivity index (χ4n) is 1.44. The third kappa shape index (κ3) is 4.48. The fourth-order valence-corrected chi connectivity index (χ4v) is 1.61. The van der Waals surface area contributed by atoms with Crippen LogP contribution in [0.2, 0.25) is 5.15 Å². The molecule has 104 valence electrons. The first-order chi connectivity index (χ1) is 8.95. The minimum atomic E-state index is -0.136. The molecule has 0 saturated carbocycles. The summed E-state index contributed by atoms with van der Waals surface area (Å²) < 4.78 is 0. The second-order valence-corrected chi connectivity index (χ2v) is 4.93. The molecule has 6 nitrogen and oxygen atoms in total. The maximum Gasteiger partial charge on any atom is 0.239 e. The molecule has 1 heterocycles. The predicted octanol–water partition coefficient (Wildman–Crippen LogP) is 1.15. The molecule has 0 spiro atoms. The molecule has 1 aromatic rings. The zero-order valence-electron chi connectivity index (χ0n) is 11.2. The molecule has 0 aliphatic carbocycles.